The summed E-state index contributed by atoms with van der Waals surface area (Å²) < 4.78 is 42.3. The normalized spacial score (nSPS) is 18.6. The first-order valence-electron chi connectivity index (χ1n) is 7.25. The average molecular weight is 342 g/mol. The van der Waals surface area contributed by atoms with Crippen LogP contribution in [0.3, 0.4) is 0 Å². The molecule has 0 spiro atoms. The molecule has 1 aromatic rings. The molecule has 2 heterocycles. The molecule has 126 valence electrons. The third-order valence-electron chi connectivity index (χ3n) is 3.82. The Morgan fingerprint density at radius 3 is 2.39 bits per heavy atom. The molecule has 0 N–H and O–H groups in total. The number of carbonyl (C=O) groups is 1. The molecule has 1 amide bonds. The molecular weight excluding hydrogens is 324 g/mol. The van der Waals surface area contributed by atoms with Crippen LogP contribution >= 0.6 is 0 Å². The van der Waals surface area contributed by atoms with Crippen molar-refractivity contribution >= 4 is 16.1 Å². The third kappa shape index (κ3) is 3.06. The van der Waals surface area contributed by atoms with Gasteiger partial charge in [0.25, 0.3) is 0 Å². The minimum Gasteiger partial charge on any atom is -0.486 e. The monoisotopic (exact) mass is 342 g/mol. The number of fused-ring (bicyclic) bond motifs is 1. The fourth-order valence-corrected chi connectivity index (χ4v) is 4.01. The first-order valence-corrected chi connectivity index (χ1v) is 8.69. The van der Waals surface area contributed by atoms with E-state index < -0.39 is 16.1 Å². The Balaban J connectivity index is 1.76. The lowest BCUT2D eigenvalue weighted by Crippen LogP contribution is -2.50. The van der Waals surface area contributed by atoms with Crippen molar-refractivity contribution in [1.82, 2.24) is 9.21 Å². The van der Waals surface area contributed by atoms with E-state index in [9.17, 15) is 13.2 Å². The fraction of sp³-hybridized carbons (Fsp3) is 0.500. The van der Waals surface area contributed by atoms with E-state index in [1.54, 1.807) is 6.07 Å². The number of amides is 1. The van der Waals surface area contributed by atoms with Crippen LogP contribution in [0.25, 0.3) is 0 Å². The smallest absolute Gasteiger partial charge is 0.409 e. The molecular formula is C14H18N2O6S. The van der Waals surface area contributed by atoms with Crippen LogP contribution in [-0.2, 0) is 14.8 Å². The Bertz CT molecular complexity index is 697. The van der Waals surface area contributed by atoms with Crippen LogP contribution in [0.4, 0.5) is 4.79 Å². The van der Waals surface area contributed by atoms with Crippen LogP contribution in [0.5, 0.6) is 11.5 Å². The predicted molar refractivity (Wildman–Crippen MR) is 80.2 cm³/mol. The predicted octanol–water partition coefficient (Wildman–Crippen LogP) is 0.530. The lowest BCUT2D eigenvalue weighted by Gasteiger charge is -2.33. The van der Waals surface area contributed by atoms with Gasteiger partial charge >= 0.3 is 6.09 Å². The summed E-state index contributed by atoms with van der Waals surface area (Å²) in [5, 5.41) is 0. The van der Waals surface area contributed by atoms with Gasteiger partial charge in [-0.15, -0.1) is 0 Å². The van der Waals surface area contributed by atoms with E-state index in [0.717, 1.165) is 0 Å². The van der Waals surface area contributed by atoms with E-state index in [1.165, 1.54) is 28.4 Å². The molecule has 0 aromatic heterocycles. The second-order valence-corrected chi connectivity index (χ2v) is 7.10. The molecule has 1 fully saturated rings. The van der Waals surface area contributed by atoms with Crippen LogP contribution in [-0.4, -0.2) is 70.2 Å². The van der Waals surface area contributed by atoms with Crippen molar-refractivity contribution in [2.75, 3.05) is 46.5 Å². The summed E-state index contributed by atoms with van der Waals surface area (Å²) in [5.74, 6) is 0.983. The highest BCUT2D eigenvalue weighted by Crippen LogP contribution is 2.33. The zero-order chi connectivity index (χ0) is 16.4. The third-order valence-corrected chi connectivity index (χ3v) is 5.72. The molecule has 1 saturated heterocycles. The Kier molecular flexibility index (Phi) is 4.31. The summed E-state index contributed by atoms with van der Waals surface area (Å²) in [5.41, 5.74) is 0. The van der Waals surface area contributed by atoms with Gasteiger partial charge in [0.1, 0.15) is 13.2 Å². The molecule has 0 radical (unpaired) electrons. The molecule has 0 atom stereocenters. The maximum absolute atomic E-state index is 12.7. The largest absolute Gasteiger partial charge is 0.486 e. The number of benzene rings is 1. The SMILES string of the molecule is COC(=O)N1CCN(S(=O)(=O)c2ccc3c(c2)OCCO3)CC1. The molecule has 1 aromatic carbocycles. The summed E-state index contributed by atoms with van der Waals surface area (Å²) in [4.78, 5) is 13.1. The second kappa shape index (κ2) is 6.25. The minimum atomic E-state index is -3.63. The fourth-order valence-electron chi connectivity index (χ4n) is 2.57. The summed E-state index contributed by atoms with van der Waals surface area (Å²) in [6.07, 6.45) is -0.443. The standard InChI is InChI=1S/C14H18N2O6S/c1-20-14(17)15-4-6-16(7-5-15)23(18,19)11-2-3-12-13(10-11)22-9-8-21-12/h2-3,10H,4-9H2,1H3. The van der Waals surface area contributed by atoms with Crippen molar-refractivity contribution in [1.29, 1.82) is 0 Å². The molecule has 3 rings (SSSR count). The minimum absolute atomic E-state index is 0.160. The topological polar surface area (TPSA) is 85.4 Å². The zero-order valence-corrected chi connectivity index (χ0v) is 13.5. The Hall–Kier alpha value is -2.00. The maximum atomic E-state index is 12.7. The molecule has 0 saturated carbocycles. The number of sulfonamides is 1. The molecule has 23 heavy (non-hydrogen) atoms. The van der Waals surface area contributed by atoms with Gasteiger partial charge in [-0.3, -0.25) is 0 Å². The van der Waals surface area contributed by atoms with Gasteiger partial charge in [0.15, 0.2) is 11.5 Å². The lowest BCUT2D eigenvalue weighted by molar-refractivity contribution is 0.108. The van der Waals surface area contributed by atoms with E-state index in [0.29, 0.717) is 37.8 Å². The number of ether oxygens (including phenoxy) is 3. The number of hydrogen-bond donors (Lipinski definition) is 0. The van der Waals surface area contributed by atoms with E-state index in [1.807, 2.05) is 0 Å². The first-order chi connectivity index (χ1) is 11.0. The molecule has 2 aliphatic rings. The van der Waals surface area contributed by atoms with Gasteiger partial charge in [-0.2, -0.15) is 4.31 Å². The van der Waals surface area contributed by atoms with Gasteiger partial charge in [0.2, 0.25) is 10.0 Å². The number of nitrogens with zero attached hydrogens (tertiary/aromatic N) is 2. The summed E-state index contributed by atoms with van der Waals surface area (Å²) >= 11 is 0. The van der Waals surface area contributed by atoms with E-state index in [-0.39, 0.29) is 18.0 Å². The molecule has 2 aliphatic heterocycles. The number of rotatable bonds is 2. The van der Waals surface area contributed by atoms with Crippen LogP contribution in [0, 0.1) is 0 Å². The molecule has 8 nitrogen and oxygen atoms in total. The Morgan fingerprint density at radius 2 is 1.74 bits per heavy atom. The van der Waals surface area contributed by atoms with Gasteiger partial charge in [-0.1, -0.05) is 0 Å². The highest BCUT2D eigenvalue weighted by atomic mass is 32.2. The van der Waals surface area contributed by atoms with Crippen molar-refractivity contribution in [2.24, 2.45) is 0 Å². The Labute approximate surface area is 134 Å². The lowest BCUT2D eigenvalue weighted by atomic mass is 10.3. The summed E-state index contributed by atoms with van der Waals surface area (Å²) in [6.45, 7) is 1.91. The van der Waals surface area contributed by atoms with Crippen molar-refractivity contribution in [3.8, 4) is 11.5 Å². The van der Waals surface area contributed by atoms with Crippen molar-refractivity contribution < 1.29 is 27.4 Å². The maximum Gasteiger partial charge on any atom is 0.409 e. The number of carbonyl (C=O) groups excluding carboxylic acids is 1. The molecule has 0 bridgehead atoms. The van der Waals surface area contributed by atoms with Crippen LogP contribution in [0.1, 0.15) is 0 Å². The number of hydrogen-bond acceptors (Lipinski definition) is 6. The van der Waals surface area contributed by atoms with Crippen LogP contribution < -0.4 is 9.47 Å². The number of methoxy groups -OCH3 is 1. The second-order valence-electron chi connectivity index (χ2n) is 5.17. The van der Waals surface area contributed by atoms with Crippen molar-refractivity contribution in [3.63, 3.8) is 0 Å². The van der Waals surface area contributed by atoms with Gasteiger partial charge in [-0.25, -0.2) is 13.2 Å². The van der Waals surface area contributed by atoms with E-state index in [2.05, 4.69) is 4.74 Å². The van der Waals surface area contributed by atoms with E-state index in [4.69, 9.17) is 9.47 Å². The molecule has 9 heteroatoms. The zero-order valence-electron chi connectivity index (χ0n) is 12.7. The molecule has 0 unspecified atom stereocenters. The Morgan fingerprint density at radius 1 is 1.09 bits per heavy atom. The summed E-state index contributed by atoms with van der Waals surface area (Å²) in [7, 11) is -2.33. The average Bonchev–Trinajstić information content (AvgIpc) is 2.60. The van der Waals surface area contributed by atoms with E-state index >= 15 is 0 Å². The highest BCUT2D eigenvalue weighted by molar-refractivity contribution is 7.89. The van der Waals surface area contributed by atoms with Crippen LogP contribution in [0.2, 0.25) is 0 Å². The van der Waals surface area contributed by atoms with Gasteiger partial charge < -0.3 is 19.1 Å². The van der Waals surface area contributed by atoms with Crippen molar-refractivity contribution in [2.45, 2.75) is 4.90 Å². The van der Waals surface area contributed by atoms with Gasteiger partial charge in [0.05, 0.1) is 12.0 Å². The van der Waals surface area contributed by atoms with Crippen molar-refractivity contribution in [3.05, 3.63) is 18.2 Å². The quantitative estimate of drug-likeness (QED) is 0.779. The van der Waals surface area contributed by atoms with Gasteiger partial charge in [-0.05, 0) is 12.1 Å². The summed E-state index contributed by atoms with van der Waals surface area (Å²) in [6, 6.07) is 4.60. The first kappa shape index (κ1) is 15.9. The molecule has 0 aliphatic carbocycles. The van der Waals surface area contributed by atoms with Crippen LogP contribution in [0.15, 0.2) is 23.1 Å². The number of piperazine rings is 1. The highest BCUT2D eigenvalue weighted by Gasteiger charge is 2.31. The van der Waals surface area contributed by atoms with Gasteiger partial charge in [0, 0.05) is 32.2 Å².